The Balaban J connectivity index is 0.00000162. The molecule has 0 aromatic carbocycles. The molecule has 19 heavy (non-hydrogen) atoms. The van der Waals surface area contributed by atoms with Crippen LogP contribution in [0.1, 0.15) is 42.7 Å². The van der Waals surface area contributed by atoms with Crippen LogP contribution in [0, 0.1) is 6.92 Å². The molecule has 2 rings (SSSR count). The number of piperazine rings is 1. The molecule has 1 N–H and O–H groups in total. The maximum Gasteiger partial charge on any atom is 0.0445 e. The number of rotatable bonds is 5. The molecule has 0 aliphatic carbocycles. The Morgan fingerprint density at radius 3 is 2.53 bits per heavy atom. The first-order valence-electron chi connectivity index (χ1n) is 6.81. The maximum atomic E-state index is 3.45. The molecular weight excluding hydrogens is 299 g/mol. The number of hydrogen-bond donors (Lipinski definition) is 1. The van der Waals surface area contributed by atoms with Crippen LogP contribution in [0.3, 0.4) is 0 Å². The van der Waals surface area contributed by atoms with E-state index < -0.39 is 0 Å². The van der Waals surface area contributed by atoms with Crippen LogP contribution in [-0.4, -0.2) is 31.1 Å². The van der Waals surface area contributed by atoms with Crippen LogP contribution < -0.4 is 5.32 Å². The van der Waals surface area contributed by atoms with Crippen molar-refractivity contribution in [3.05, 3.63) is 21.9 Å². The first kappa shape index (κ1) is 19.2. The summed E-state index contributed by atoms with van der Waals surface area (Å²) >= 11 is 1.94. The fourth-order valence-electron chi connectivity index (χ4n) is 2.60. The molecule has 0 saturated carbocycles. The molecule has 1 fully saturated rings. The Labute approximate surface area is 133 Å². The molecular formula is C14H26Cl2N2S. The van der Waals surface area contributed by atoms with Gasteiger partial charge in [0.25, 0.3) is 0 Å². The molecule has 0 unspecified atom stereocenters. The largest absolute Gasteiger partial charge is 0.314 e. The van der Waals surface area contributed by atoms with E-state index in [9.17, 15) is 0 Å². The maximum absolute atomic E-state index is 3.45. The summed E-state index contributed by atoms with van der Waals surface area (Å²) in [4.78, 5) is 4.27. The van der Waals surface area contributed by atoms with Gasteiger partial charge in [0.1, 0.15) is 0 Å². The number of thiophene rings is 1. The molecule has 0 bridgehead atoms. The molecule has 2 heterocycles. The van der Waals surface area contributed by atoms with Gasteiger partial charge in [-0.3, -0.25) is 4.90 Å². The summed E-state index contributed by atoms with van der Waals surface area (Å²) < 4.78 is 0. The number of hydrogen-bond acceptors (Lipinski definition) is 3. The Kier molecular flexibility index (Phi) is 10.1. The summed E-state index contributed by atoms with van der Waals surface area (Å²) in [6.45, 7) is 9.24. The number of nitrogens with zero attached hydrogens (tertiary/aromatic N) is 1. The fraction of sp³-hybridized carbons (Fsp3) is 0.714. The quantitative estimate of drug-likeness (QED) is 0.879. The minimum atomic E-state index is 0. The van der Waals surface area contributed by atoms with Crippen LogP contribution in [0.25, 0.3) is 0 Å². The van der Waals surface area contributed by atoms with E-state index in [2.05, 4.69) is 35.5 Å². The predicted molar refractivity (Wildman–Crippen MR) is 90.3 cm³/mol. The van der Waals surface area contributed by atoms with Crippen molar-refractivity contribution in [2.45, 2.75) is 39.2 Å². The lowest BCUT2D eigenvalue weighted by Crippen LogP contribution is -2.45. The zero-order valence-corrected chi connectivity index (χ0v) is 14.3. The second-order valence-electron chi connectivity index (χ2n) is 4.91. The Bertz CT molecular complexity index is 338. The van der Waals surface area contributed by atoms with Gasteiger partial charge in [0, 0.05) is 37.1 Å². The third-order valence-electron chi connectivity index (χ3n) is 3.63. The molecule has 1 aromatic rings. The lowest BCUT2D eigenvalue weighted by atomic mass is 10.0. The molecule has 1 saturated heterocycles. The van der Waals surface area contributed by atoms with Crippen LogP contribution in [0.15, 0.2) is 11.4 Å². The lowest BCUT2D eigenvalue weighted by Gasteiger charge is -2.35. The van der Waals surface area contributed by atoms with E-state index in [1.54, 1.807) is 4.88 Å². The summed E-state index contributed by atoms with van der Waals surface area (Å²) in [5.74, 6) is 0. The highest BCUT2D eigenvalue weighted by Crippen LogP contribution is 2.32. The van der Waals surface area contributed by atoms with E-state index in [0.29, 0.717) is 6.04 Å². The molecule has 0 radical (unpaired) electrons. The molecule has 5 heteroatoms. The van der Waals surface area contributed by atoms with E-state index in [1.807, 2.05) is 11.3 Å². The lowest BCUT2D eigenvalue weighted by molar-refractivity contribution is 0.165. The fourth-order valence-corrected chi connectivity index (χ4v) is 3.69. The van der Waals surface area contributed by atoms with Gasteiger partial charge in [-0.2, -0.15) is 0 Å². The minimum absolute atomic E-state index is 0. The van der Waals surface area contributed by atoms with Gasteiger partial charge >= 0.3 is 0 Å². The Morgan fingerprint density at radius 1 is 1.32 bits per heavy atom. The Morgan fingerprint density at radius 2 is 2.00 bits per heavy atom. The highest BCUT2D eigenvalue weighted by atomic mass is 35.5. The van der Waals surface area contributed by atoms with Gasteiger partial charge in [-0.1, -0.05) is 19.8 Å². The number of halogens is 2. The van der Waals surface area contributed by atoms with Crippen molar-refractivity contribution >= 4 is 36.2 Å². The minimum Gasteiger partial charge on any atom is -0.314 e. The molecule has 2 nitrogen and oxygen atoms in total. The summed E-state index contributed by atoms with van der Waals surface area (Å²) in [6.07, 6.45) is 3.96. The van der Waals surface area contributed by atoms with Crippen molar-refractivity contribution in [3.8, 4) is 0 Å². The average Bonchev–Trinajstić information content (AvgIpc) is 2.78. The van der Waals surface area contributed by atoms with Crippen LogP contribution in [0.4, 0.5) is 0 Å². The topological polar surface area (TPSA) is 15.3 Å². The van der Waals surface area contributed by atoms with Crippen molar-refractivity contribution < 1.29 is 0 Å². The van der Waals surface area contributed by atoms with Gasteiger partial charge in [-0.05, 0) is 30.4 Å². The van der Waals surface area contributed by atoms with Gasteiger partial charge < -0.3 is 5.32 Å². The zero-order chi connectivity index (χ0) is 12.1. The summed E-state index contributed by atoms with van der Waals surface area (Å²) in [7, 11) is 0. The summed E-state index contributed by atoms with van der Waals surface area (Å²) in [5, 5.41) is 5.69. The first-order valence-corrected chi connectivity index (χ1v) is 7.69. The SMILES string of the molecule is CCCC[C@@H](c1sccc1C)N1CCNCC1.Cl.Cl. The second kappa shape index (κ2) is 10.0. The van der Waals surface area contributed by atoms with E-state index in [4.69, 9.17) is 0 Å². The van der Waals surface area contributed by atoms with Crippen LogP contribution in [0.2, 0.25) is 0 Å². The summed E-state index contributed by atoms with van der Waals surface area (Å²) in [6, 6.07) is 2.93. The molecule has 0 amide bonds. The van der Waals surface area contributed by atoms with Gasteiger partial charge in [0.2, 0.25) is 0 Å². The number of unbranched alkanes of at least 4 members (excludes halogenated alkanes) is 1. The van der Waals surface area contributed by atoms with Crippen molar-refractivity contribution in [1.29, 1.82) is 0 Å². The van der Waals surface area contributed by atoms with Crippen LogP contribution in [-0.2, 0) is 0 Å². The Hall–Kier alpha value is 0.200. The van der Waals surface area contributed by atoms with Crippen LogP contribution in [0.5, 0.6) is 0 Å². The molecule has 1 atom stereocenters. The smallest absolute Gasteiger partial charge is 0.0445 e. The van der Waals surface area contributed by atoms with E-state index in [0.717, 1.165) is 13.1 Å². The third kappa shape index (κ3) is 5.24. The normalized spacial score (nSPS) is 17.4. The van der Waals surface area contributed by atoms with Gasteiger partial charge in [0.05, 0.1) is 0 Å². The van der Waals surface area contributed by atoms with E-state index in [1.165, 1.54) is 37.9 Å². The van der Waals surface area contributed by atoms with Gasteiger partial charge in [0.15, 0.2) is 0 Å². The zero-order valence-electron chi connectivity index (χ0n) is 11.9. The number of nitrogens with one attached hydrogen (secondary N) is 1. The van der Waals surface area contributed by atoms with E-state index in [-0.39, 0.29) is 24.8 Å². The number of aryl methyl sites for hydroxylation is 1. The van der Waals surface area contributed by atoms with Gasteiger partial charge in [-0.25, -0.2) is 0 Å². The third-order valence-corrected chi connectivity index (χ3v) is 4.75. The predicted octanol–water partition coefficient (Wildman–Crippen LogP) is 4.04. The second-order valence-corrected chi connectivity index (χ2v) is 5.86. The average molecular weight is 325 g/mol. The molecule has 1 aliphatic heterocycles. The van der Waals surface area contributed by atoms with Crippen molar-refractivity contribution in [1.82, 2.24) is 10.2 Å². The van der Waals surface area contributed by atoms with Crippen molar-refractivity contribution in [2.75, 3.05) is 26.2 Å². The highest BCUT2D eigenvalue weighted by molar-refractivity contribution is 7.10. The molecule has 1 aromatic heterocycles. The monoisotopic (exact) mass is 324 g/mol. The van der Waals surface area contributed by atoms with Crippen molar-refractivity contribution in [2.24, 2.45) is 0 Å². The molecule has 0 spiro atoms. The first-order chi connectivity index (χ1) is 8.33. The molecule has 112 valence electrons. The highest BCUT2D eigenvalue weighted by Gasteiger charge is 2.23. The van der Waals surface area contributed by atoms with Crippen molar-refractivity contribution in [3.63, 3.8) is 0 Å². The van der Waals surface area contributed by atoms with Crippen LogP contribution >= 0.6 is 36.2 Å². The van der Waals surface area contributed by atoms with Gasteiger partial charge in [-0.15, -0.1) is 36.2 Å². The molecule has 1 aliphatic rings. The summed E-state index contributed by atoms with van der Waals surface area (Å²) in [5.41, 5.74) is 1.48. The standard InChI is InChI=1S/C14H24N2S.2ClH/c1-3-4-5-13(14-12(2)6-11-17-14)16-9-7-15-8-10-16;;/h6,11,13,15H,3-5,7-10H2,1-2H3;2*1H/t13-;;/m0../s1. The van der Waals surface area contributed by atoms with E-state index >= 15 is 0 Å².